The number of nitrogens with one attached hydrogen (secondary N) is 1. The minimum Gasteiger partial charge on any atom is -0.399 e. The molecular weight excluding hydrogens is 228 g/mol. The second-order valence-electron chi connectivity index (χ2n) is 5.02. The van der Waals surface area contributed by atoms with Crippen molar-refractivity contribution in [2.24, 2.45) is 5.92 Å². The van der Waals surface area contributed by atoms with Crippen molar-refractivity contribution in [1.82, 2.24) is 5.32 Å². The van der Waals surface area contributed by atoms with E-state index in [9.17, 15) is 9.90 Å². The second kappa shape index (κ2) is 5.87. The molecular formula is C14H20N2O2. The fourth-order valence-electron chi connectivity index (χ4n) is 2.47. The highest BCUT2D eigenvalue weighted by atomic mass is 16.3. The molecule has 18 heavy (non-hydrogen) atoms. The Morgan fingerprint density at radius 3 is 3.00 bits per heavy atom. The summed E-state index contributed by atoms with van der Waals surface area (Å²) in [6.07, 6.45) is 3.60. The van der Waals surface area contributed by atoms with Crippen molar-refractivity contribution in [2.45, 2.75) is 31.8 Å². The standard InChI is InChI=1S/C14H20N2O2/c15-12-5-2-4-11(8-12)14(18)16-9-10-3-1-6-13(17)7-10/h2,4-5,8,10,13,17H,1,3,6-7,9,15H2,(H,16,18). The van der Waals surface area contributed by atoms with Gasteiger partial charge in [0.25, 0.3) is 5.91 Å². The Morgan fingerprint density at radius 2 is 2.28 bits per heavy atom. The number of carbonyl (C=O) groups excluding carboxylic acids is 1. The maximum Gasteiger partial charge on any atom is 0.251 e. The molecule has 0 spiro atoms. The molecule has 4 N–H and O–H groups in total. The van der Waals surface area contributed by atoms with E-state index < -0.39 is 0 Å². The maximum absolute atomic E-state index is 11.9. The average Bonchev–Trinajstić information content (AvgIpc) is 2.36. The number of benzene rings is 1. The summed E-state index contributed by atoms with van der Waals surface area (Å²) in [4.78, 5) is 11.9. The number of hydrogen-bond donors (Lipinski definition) is 3. The van der Waals surface area contributed by atoms with Crippen molar-refractivity contribution in [1.29, 1.82) is 0 Å². The SMILES string of the molecule is Nc1cccc(C(=O)NCC2CCCC(O)C2)c1. The molecule has 1 amide bonds. The van der Waals surface area contributed by atoms with Crippen LogP contribution >= 0.6 is 0 Å². The van der Waals surface area contributed by atoms with Gasteiger partial charge in [-0.15, -0.1) is 0 Å². The first-order valence-corrected chi connectivity index (χ1v) is 6.47. The predicted octanol–water partition coefficient (Wildman–Crippen LogP) is 1.55. The van der Waals surface area contributed by atoms with E-state index in [1.807, 2.05) is 0 Å². The van der Waals surface area contributed by atoms with Crippen LogP contribution in [0.4, 0.5) is 5.69 Å². The topological polar surface area (TPSA) is 75.4 Å². The Labute approximate surface area is 107 Å². The lowest BCUT2D eigenvalue weighted by Crippen LogP contribution is -2.32. The normalized spacial score (nSPS) is 23.6. The van der Waals surface area contributed by atoms with Crippen molar-refractivity contribution < 1.29 is 9.90 Å². The summed E-state index contributed by atoms with van der Waals surface area (Å²) in [5, 5.41) is 12.5. The van der Waals surface area contributed by atoms with E-state index >= 15 is 0 Å². The summed E-state index contributed by atoms with van der Waals surface area (Å²) < 4.78 is 0. The minimum absolute atomic E-state index is 0.0950. The van der Waals surface area contributed by atoms with E-state index in [0.29, 0.717) is 23.7 Å². The lowest BCUT2D eigenvalue weighted by Gasteiger charge is -2.25. The van der Waals surface area contributed by atoms with Crippen LogP contribution in [0.25, 0.3) is 0 Å². The van der Waals surface area contributed by atoms with E-state index in [0.717, 1.165) is 25.7 Å². The van der Waals surface area contributed by atoms with Gasteiger partial charge in [-0.25, -0.2) is 0 Å². The van der Waals surface area contributed by atoms with Gasteiger partial charge in [0.15, 0.2) is 0 Å². The van der Waals surface area contributed by atoms with E-state index in [-0.39, 0.29) is 12.0 Å². The van der Waals surface area contributed by atoms with Gasteiger partial charge < -0.3 is 16.2 Å². The van der Waals surface area contributed by atoms with E-state index in [1.54, 1.807) is 24.3 Å². The molecule has 2 atom stereocenters. The smallest absolute Gasteiger partial charge is 0.251 e. The molecule has 0 radical (unpaired) electrons. The molecule has 0 heterocycles. The Hall–Kier alpha value is -1.55. The minimum atomic E-state index is -0.201. The molecule has 0 saturated heterocycles. The molecule has 0 aliphatic heterocycles. The number of carbonyl (C=O) groups is 1. The number of aliphatic hydroxyl groups excluding tert-OH is 1. The Morgan fingerprint density at radius 1 is 1.44 bits per heavy atom. The van der Waals surface area contributed by atoms with Crippen LogP contribution in [0, 0.1) is 5.92 Å². The third-order valence-corrected chi connectivity index (χ3v) is 3.46. The van der Waals surface area contributed by atoms with Gasteiger partial charge in [0.1, 0.15) is 0 Å². The average molecular weight is 248 g/mol. The lowest BCUT2D eigenvalue weighted by atomic mass is 9.87. The molecule has 0 bridgehead atoms. The number of aliphatic hydroxyl groups is 1. The molecule has 4 nitrogen and oxygen atoms in total. The van der Waals surface area contributed by atoms with Gasteiger partial charge in [-0.1, -0.05) is 12.5 Å². The van der Waals surface area contributed by atoms with Crippen LogP contribution in [-0.4, -0.2) is 23.7 Å². The van der Waals surface area contributed by atoms with Crippen LogP contribution in [-0.2, 0) is 0 Å². The van der Waals surface area contributed by atoms with Gasteiger partial charge in [-0.05, 0) is 43.4 Å². The highest BCUT2D eigenvalue weighted by Gasteiger charge is 2.20. The zero-order chi connectivity index (χ0) is 13.0. The van der Waals surface area contributed by atoms with E-state index in [1.165, 1.54) is 0 Å². The second-order valence-corrected chi connectivity index (χ2v) is 5.02. The highest BCUT2D eigenvalue weighted by Crippen LogP contribution is 2.23. The molecule has 2 rings (SSSR count). The quantitative estimate of drug-likeness (QED) is 0.710. The zero-order valence-electron chi connectivity index (χ0n) is 10.4. The molecule has 1 aromatic carbocycles. The molecule has 4 heteroatoms. The molecule has 1 aromatic rings. The van der Waals surface area contributed by atoms with Crippen LogP contribution < -0.4 is 11.1 Å². The highest BCUT2D eigenvalue weighted by molar-refractivity contribution is 5.94. The number of rotatable bonds is 3. The third-order valence-electron chi connectivity index (χ3n) is 3.46. The van der Waals surface area contributed by atoms with Crippen molar-refractivity contribution in [2.75, 3.05) is 12.3 Å². The van der Waals surface area contributed by atoms with Crippen molar-refractivity contribution in [3.8, 4) is 0 Å². The summed E-state index contributed by atoms with van der Waals surface area (Å²) in [6, 6.07) is 6.95. The number of amides is 1. The van der Waals surface area contributed by atoms with Gasteiger partial charge in [-0.3, -0.25) is 4.79 Å². The Balaban J connectivity index is 1.84. The maximum atomic E-state index is 11.9. The van der Waals surface area contributed by atoms with Crippen molar-refractivity contribution in [3.05, 3.63) is 29.8 Å². The van der Waals surface area contributed by atoms with Crippen molar-refractivity contribution >= 4 is 11.6 Å². The van der Waals surface area contributed by atoms with E-state index in [4.69, 9.17) is 5.73 Å². The number of nitrogens with two attached hydrogens (primary N) is 1. The van der Waals surface area contributed by atoms with Crippen LogP contribution in [0.2, 0.25) is 0 Å². The van der Waals surface area contributed by atoms with Crippen LogP contribution in [0.5, 0.6) is 0 Å². The van der Waals surface area contributed by atoms with Gasteiger partial charge in [0.05, 0.1) is 6.10 Å². The first kappa shape index (κ1) is 12.9. The summed E-state index contributed by atoms with van der Waals surface area (Å²) in [5.41, 5.74) is 6.82. The predicted molar refractivity (Wildman–Crippen MR) is 71.2 cm³/mol. The molecule has 2 unspecified atom stereocenters. The molecule has 1 aliphatic rings. The fourth-order valence-corrected chi connectivity index (χ4v) is 2.47. The molecule has 1 aliphatic carbocycles. The Kier molecular flexibility index (Phi) is 4.20. The van der Waals surface area contributed by atoms with Gasteiger partial charge in [0, 0.05) is 17.8 Å². The zero-order valence-corrected chi connectivity index (χ0v) is 10.4. The van der Waals surface area contributed by atoms with Gasteiger partial charge in [-0.2, -0.15) is 0 Å². The lowest BCUT2D eigenvalue weighted by molar-refractivity contribution is 0.0874. The van der Waals surface area contributed by atoms with Crippen LogP contribution in [0.3, 0.4) is 0 Å². The van der Waals surface area contributed by atoms with E-state index in [2.05, 4.69) is 5.32 Å². The largest absolute Gasteiger partial charge is 0.399 e. The number of anilines is 1. The summed E-state index contributed by atoms with van der Waals surface area (Å²) >= 11 is 0. The van der Waals surface area contributed by atoms with Crippen molar-refractivity contribution in [3.63, 3.8) is 0 Å². The van der Waals surface area contributed by atoms with Gasteiger partial charge >= 0.3 is 0 Å². The molecule has 1 saturated carbocycles. The summed E-state index contributed by atoms with van der Waals surface area (Å²) in [5.74, 6) is 0.293. The molecule has 1 fully saturated rings. The molecule has 0 aromatic heterocycles. The fraction of sp³-hybridized carbons (Fsp3) is 0.500. The Bertz CT molecular complexity index is 420. The summed E-state index contributed by atoms with van der Waals surface area (Å²) in [7, 11) is 0. The van der Waals surface area contributed by atoms with Crippen LogP contribution in [0.15, 0.2) is 24.3 Å². The van der Waals surface area contributed by atoms with Crippen LogP contribution in [0.1, 0.15) is 36.0 Å². The first-order chi connectivity index (χ1) is 8.65. The first-order valence-electron chi connectivity index (χ1n) is 6.47. The number of nitrogen functional groups attached to an aromatic ring is 1. The molecule has 98 valence electrons. The van der Waals surface area contributed by atoms with Gasteiger partial charge in [0.2, 0.25) is 0 Å². The summed E-state index contributed by atoms with van der Waals surface area (Å²) in [6.45, 7) is 0.630. The third kappa shape index (κ3) is 3.47. The number of hydrogen-bond acceptors (Lipinski definition) is 3. The monoisotopic (exact) mass is 248 g/mol.